The first-order chi connectivity index (χ1) is 10.4. The van der Waals surface area contributed by atoms with Gasteiger partial charge in [-0.05, 0) is 29.8 Å². The highest BCUT2D eigenvalue weighted by molar-refractivity contribution is 5.92. The number of benzene rings is 1. The third kappa shape index (κ3) is 3.82. The zero-order valence-electron chi connectivity index (χ0n) is 11.2. The number of nitrogens with zero attached hydrogens (tertiary/aromatic N) is 2. The van der Waals surface area contributed by atoms with Gasteiger partial charge in [-0.1, -0.05) is 6.07 Å². The summed E-state index contributed by atoms with van der Waals surface area (Å²) in [6.45, 7) is 0. The number of nitrogens with one attached hydrogen (secondary N) is 1. The Bertz CT molecular complexity index is 721. The second kappa shape index (κ2) is 6.26. The van der Waals surface area contributed by atoms with Crippen molar-refractivity contribution in [3.63, 3.8) is 0 Å². The van der Waals surface area contributed by atoms with E-state index in [1.54, 1.807) is 18.3 Å². The van der Waals surface area contributed by atoms with Gasteiger partial charge in [-0.2, -0.15) is 18.4 Å². The molecule has 1 heterocycles. The van der Waals surface area contributed by atoms with Crippen molar-refractivity contribution in [2.75, 3.05) is 5.32 Å². The van der Waals surface area contributed by atoms with Gasteiger partial charge in [0.1, 0.15) is 0 Å². The first kappa shape index (κ1) is 15.5. The molecule has 1 amide bonds. The number of hydrogen-bond acceptors (Lipinski definition) is 3. The van der Waals surface area contributed by atoms with E-state index in [2.05, 4.69) is 10.3 Å². The van der Waals surface area contributed by atoms with Crippen molar-refractivity contribution in [3.05, 3.63) is 59.4 Å². The van der Waals surface area contributed by atoms with E-state index in [-0.39, 0.29) is 12.1 Å². The van der Waals surface area contributed by atoms with E-state index in [1.165, 1.54) is 12.3 Å². The highest BCUT2D eigenvalue weighted by Gasteiger charge is 2.33. The molecule has 0 saturated carbocycles. The molecule has 0 bridgehead atoms. The molecule has 0 fully saturated rings. The predicted molar refractivity (Wildman–Crippen MR) is 72.7 cm³/mol. The fourth-order valence-corrected chi connectivity index (χ4v) is 1.85. The molecule has 2 aromatic rings. The molecule has 0 unspecified atom stereocenters. The van der Waals surface area contributed by atoms with Gasteiger partial charge in [0, 0.05) is 18.1 Å². The smallest absolute Gasteiger partial charge is 0.326 e. The zero-order chi connectivity index (χ0) is 16.2. The number of hydrogen-bond donors (Lipinski definition) is 1. The van der Waals surface area contributed by atoms with Crippen molar-refractivity contribution in [1.29, 1.82) is 5.26 Å². The second-order valence-corrected chi connectivity index (χ2v) is 4.46. The van der Waals surface area contributed by atoms with Crippen LogP contribution in [0.3, 0.4) is 0 Å². The molecule has 2 rings (SSSR count). The third-order valence-corrected chi connectivity index (χ3v) is 2.82. The number of alkyl halides is 3. The summed E-state index contributed by atoms with van der Waals surface area (Å²) in [5, 5.41) is 11.3. The summed E-state index contributed by atoms with van der Waals surface area (Å²) in [5.74, 6) is -0.406. The highest BCUT2D eigenvalue weighted by atomic mass is 19.4. The lowest BCUT2D eigenvalue weighted by molar-refractivity contribution is -0.137. The summed E-state index contributed by atoms with van der Waals surface area (Å²) in [4.78, 5) is 15.7. The standard InChI is InChI=1S/C15H10F3N3O/c16-15(17,18)13-4-3-12(7-11(13)8-19)21-14(22)6-10-2-1-5-20-9-10/h1-5,7,9H,6H2,(H,21,22). The van der Waals surface area contributed by atoms with Crippen molar-refractivity contribution in [2.45, 2.75) is 12.6 Å². The topological polar surface area (TPSA) is 65.8 Å². The summed E-state index contributed by atoms with van der Waals surface area (Å²) in [7, 11) is 0. The molecule has 112 valence electrons. The number of nitriles is 1. The Morgan fingerprint density at radius 1 is 1.32 bits per heavy atom. The van der Waals surface area contributed by atoms with E-state index in [9.17, 15) is 18.0 Å². The monoisotopic (exact) mass is 305 g/mol. The minimum absolute atomic E-state index is 0.0384. The molecule has 0 spiro atoms. The molecule has 0 radical (unpaired) electrons. The Balaban J connectivity index is 2.14. The van der Waals surface area contributed by atoms with E-state index in [1.807, 2.05) is 0 Å². The number of halogens is 3. The first-order valence-electron chi connectivity index (χ1n) is 6.20. The van der Waals surface area contributed by atoms with Crippen LogP contribution in [0, 0.1) is 11.3 Å². The minimum atomic E-state index is -4.61. The van der Waals surface area contributed by atoms with E-state index in [4.69, 9.17) is 5.26 Å². The summed E-state index contributed by atoms with van der Waals surface area (Å²) < 4.78 is 38.0. The largest absolute Gasteiger partial charge is 0.417 e. The molecule has 7 heteroatoms. The lowest BCUT2D eigenvalue weighted by Gasteiger charge is -2.11. The van der Waals surface area contributed by atoms with Crippen molar-refractivity contribution in [1.82, 2.24) is 4.98 Å². The quantitative estimate of drug-likeness (QED) is 0.947. The van der Waals surface area contributed by atoms with Crippen LogP contribution in [0.15, 0.2) is 42.7 Å². The average molecular weight is 305 g/mol. The first-order valence-corrected chi connectivity index (χ1v) is 6.20. The maximum atomic E-state index is 12.7. The van der Waals surface area contributed by atoms with Crippen molar-refractivity contribution < 1.29 is 18.0 Å². The van der Waals surface area contributed by atoms with Crippen LogP contribution in [0.5, 0.6) is 0 Å². The number of amides is 1. The minimum Gasteiger partial charge on any atom is -0.326 e. The van der Waals surface area contributed by atoms with Crippen LogP contribution in [0.2, 0.25) is 0 Å². The Hall–Kier alpha value is -2.88. The molecule has 1 aromatic carbocycles. The number of anilines is 1. The van der Waals surface area contributed by atoms with E-state index in [0.29, 0.717) is 5.56 Å². The van der Waals surface area contributed by atoms with Crippen LogP contribution in [-0.2, 0) is 17.4 Å². The molecule has 0 saturated heterocycles. The summed E-state index contributed by atoms with van der Waals surface area (Å²) in [6, 6.07) is 7.76. The lowest BCUT2D eigenvalue weighted by Crippen LogP contribution is -2.15. The van der Waals surface area contributed by atoms with Gasteiger partial charge in [-0.25, -0.2) is 0 Å². The van der Waals surface area contributed by atoms with Gasteiger partial charge in [0.15, 0.2) is 0 Å². The Morgan fingerprint density at radius 3 is 2.68 bits per heavy atom. The maximum absolute atomic E-state index is 12.7. The number of aromatic nitrogens is 1. The van der Waals surface area contributed by atoms with E-state index in [0.717, 1.165) is 18.2 Å². The van der Waals surface area contributed by atoms with Crippen LogP contribution in [0.1, 0.15) is 16.7 Å². The second-order valence-electron chi connectivity index (χ2n) is 4.46. The number of carbonyl (C=O) groups excluding carboxylic acids is 1. The molecule has 0 atom stereocenters. The van der Waals surface area contributed by atoms with Gasteiger partial charge in [0.2, 0.25) is 5.91 Å². The molecule has 0 aliphatic carbocycles. The van der Waals surface area contributed by atoms with Crippen LogP contribution >= 0.6 is 0 Å². The zero-order valence-corrected chi connectivity index (χ0v) is 11.2. The van der Waals surface area contributed by atoms with Crippen LogP contribution < -0.4 is 5.32 Å². The molecule has 1 N–H and O–H groups in total. The normalized spacial score (nSPS) is 10.8. The molecule has 0 aliphatic heterocycles. The van der Waals surface area contributed by atoms with Crippen LogP contribution in [0.4, 0.5) is 18.9 Å². The van der Waals surface area contributed by atoms with Gasteiger partial charge in [0.25, 0.3) is 0 Å². The molecular weight excluding hydrogens is 295 g/mol. The number of carbonyl (C=O) groups is 1. The Labute approximate surface area is 124 Å². The predicted octanol–water partition coefficient (Wildman–Crippen LogP) is 3.15. The van der Waals surface area contributed by atoms with Crippen molar-refractivity contribution in [2.24, 2.45) is 0 Å². The number of pyridine rings is 1. The van der Waals surface area contributed by atoms with Gasteiger partial charge >= 0.3 is 6.18 Å². The van der Waals surface area contributed by atoms with Gasteiger partial charge in [-0.15, -0.1) is 0 Å². The number of rotatable bonds is 3. The summed E-state index contributed by atoms with van der Waals surface area (Å²) >= 11 is 0. The molecule has 1 aromatic heterocycles. The summed E-state index contributed by atoms with van der Waals surface area (Å²) in [5.41, 5.74) is -0.752. The Kier molecular flexibility index (Phi) is 4.41. The maximum Gasteiger partial charge on any atom is 0.417 e. The van der Waals surface area contributed by atoms with Crippen molar-refractivity contribution >= 4 is 11.6 Å². The van der Waals surface area contributed by atoms with Crippen LogP contribution in [-0.4, -0.2) is 10.9 Å². The fraction of sp³-hybridized carbons (Fsp3) is 0.133. The molecular formula is C15H10F3N3O. The highest BCUT2D eigenvalue weighted by Crippen LogP contribution is 2.32. The molecule has 22 heavy (non-hydrogen) atoms. The molecule has 0 aliphatic rings. The van der Waals surface area contributed by atoms with Crippen molar-refractivity contribution in [3.8, 4) is 6.07 Å². The van der Waals surface area contributed by atoms with E-state index >= 15 is 0 Å². The summed E-state index contributed by atoms with van der Waals surface area (Å²) in [6.07, 6.45) is -1.48. The van der Waals surface area contributed by atoms with Gasteiger partial charge < -0.3 is 5.32 Å². The molecule has 4 nitrogen and oxygen atoms in total. The van der Waals surface area contributed by atoms with Gasteiger partial charge in [-0.3, -0.25) is 9.78 Å². The van der Waals surface area contributed by atoms with E-state index < -0.39 is 23.2 Å². The average Bonchev–Trinajstić information content (AvgIpc) is 2.46. The lowest BCUT2D eigenvalue weighted by atomic mass is 10.1. The fourth-order valence-electron chi connectivity index (χ4n) is 1.85. The van der Waals surface area contributed by atoms with Crippen LogP contribution in [0.25, 0.3) is 0 Å². The third-order valence-electron chi connectivity index (χ3n) is 2.82. The Morgan fingerprint density at radius 2 is 2.09 bits per heavy atom. The van der Waals surface area contributed by atoms with Gasteiger partial charge in [0.05, 0.1) is 23.6 Å². The SMILES string of the molecule is N#Cc1cc(NC(=O)Cc2cccnc2)ccc1C(F)(F)F.